The van der Waals surface area contributed by atoms with Gasteiger partial charge in [0.05, 0.1) is 0 Å². The highest BCUT2D eigenvalue weighted by Gasteiger charge is 2.32. The second-order valence-corrected chi connectivity index (χ2v) is 9.39. The fraction of sp³-hybridized carbons (Fsp3) is 0.300. The average molecular weight is 467 g/mol. The number of carbonyl (C=O) groups excluding carboxylic acids is 3. The van der Waals surface area contributed by atoms with E-state index in [9.17, 15) is 14.4 Å². The number of amides is 2. The molecule has 0 fully saturated rings. The van der Waals surface area contributed by atoms with Crippen LogP contribution in [0.2, 0.25) is 0 Å². The first-order valence-corrected chi connectivity index (χ1v) is 12.5. The van der Waals surface area contributed by atoms with E-state index in [1.807, 2.05) is 54.6 Å². The number of ketones is 1. The summed E-state index contributed by atoms with van der Waals surface area (Å²) < 4.78 is 0. The standard InChI is InChI=1S/C30H30N2O3/c33-28(31-18-8-14-22-10-4-6-16-26(22)31)20-25(30(35)24-12-2-1-3-13-24)21-29(34)32-19-9-15-23-11-5-7-17-27(23)32/h1-7,10-13,16-17,25H,8-9,14-15,18-21H2. The van der Waals surface area contributed by atoms with Gasteiger partial charge in [0.15, 0.2) is 5.78 Å². The third-order valence-electron chi connectivity index (χ3n) is 7.09. The lowest BCUT2D eigenvalue weighted by molar-refractivity contribution is -0.121. The van der Waals surface area contributed by atoms with Crippen molar-refractivity contribution in [3.05, 3.63) is 95.6 Å². The minimum Gasteiger partial charge on any atom is -0.312 e. The van der Waals surface area contributed by atoms with Gasteiger partial charge in [-0.2, -0.15) is 0 Å². The molecule has 2 aliphatic rings. The molecule has 5 heteroatoms. The Labute approximate surface area is 206 Å². The summed E-state index contributed by atoms with van der Waals surface area (Å²) in [5, 5.41) is 0. The van der Waals surface area contributed by atoms with Gasteiger partial charge in [0, 0.05) is 48.8 Å². The Hall–Kier alpha value is -3.73. The van der Waals surface area contributed by atoms with Crippen LogP contribution in [-0.4, -0.2) is 30.7 Å². The zero-order valence-corrected chi connectivity index (χ0v) is 19.9. The Balaban J connectivity index is 1.40. The summed E-state index contributed by atoms with van der Waals surface area (Å²) in [6, 6.07) is 24.9. The maximum atomic E-state index is 13.5. The van der Waals surface area contributed by atoms with Crippen LogP contribution in [0.15, 0.2) is 78.9 Å². The number of aryl methyl sites for hydroxylation is 2. The average Bonchev–Trinajstić information content (AvgIpc) is 2.92. The topological polar surface area (TPSA) is 57.7 Å². The van der Waals surface area contributed by atoms with Crippen LogP contribution in [0.25, 0.3) is 0 Å². The summed E-state index contributed by atoms with van der Waals surface area (Å²) in [4.78, 5) is 44.1. The number of fused-ring (bicyclic) bond motifs is 2. The highest BCUT2D eigenvalue weighted by molar-refractivity contribution is 6.06. The summed E-state index contributed by atoms with van der Waals surface area (Å²) in [5.41, 5.74) is 4.69. The molecule has 0 saturated heterocycles. The van der Waals surface area contributed by atoms with Gasteiger partial charge in [-0.1, -0.05) is 66.7 Å². The number of anilines is 2. The summed E-state index contributed by atoms with van der Waals surface area (Å²) in [6.07, 6.45) is 3.71. The fourth-order valence-corrected chi connectivity index (χ4v) is 5.32. The Bertz CT molecular complexity index is 1170. The summed E-state index contributed by atoms with van der Waals surface area (Å²) in [5.74, 6) is -1.06. The predicted molar refractivity (Wildman–Crippen MR) is 138 cm³/mol. The Morgan fingerprint density at radius 2 is 1.09 bits per heavy atom. The maximum absolute atomic E-state index is 13.5. The van der Waals surface area contributed by atoms with Gasteiger partial charge < -0.3 is 9.80 Å². The van der Waals surface area contributed by atoms with Gasteiger partial charge in [0.25, 0.3) is 0 Å². The summed E-state index contributed by atoms with van der Waals surface area (Å²) >= 11 is 0. The molecule has 0 bridgehead atoms. The molecule has 2 amide bonds. The molecule has 0 spiro atoms. The summed E-state index contributed by atoms with van der Waals surface area (Å²) in [6.45, 7) is 1.27. The van der Waals surface area contributed by atoms with Gasteiger partial charge in [-0.3, -0.25) is 14.4 Å². The lowest BCUT2D eigenvalue weighted by atomic mass is 9.89. The van der Waals surface area contributed by atoms with Gasteiger partial charge in [-0.15, -0.1) is 0 Å². The minimum absolute atomic E-state index is 0.0172. The number of carbonyl (C=O) groups is 3. The van der Waals surface area contributed by atoms with Gasteiger partial charge in [0.2, 0.25) is 11.8 Å². The van der Waals surface area contributed by atoms with E-state index in [0.29, 0.717) is 18.7 Å². The van der Waals surface area contributed by atoms with Crippen molar-refractivity contribution in [1.82, 2.24) is 0 Å². The highest BCUT2D eigenvalue weighted by Crippen LogP contribution is 2.31. The molecule has 5 rings (SSSR count). The van der Waals surface area contributed by atoms with Crippen LogP contribution < -0.4 is 9.80 Å². The van der Waals surface area contributed by atoms with E-state index in [-0.39, 0.29) is 30.4 Å². The maximum Gasteiger partial charge on any atom is 0.227 e. The molecule has 35 heavy (non-hydrogen) atoms. The van der Waals surface area contributed by atoms with Crippen LogP contribution in [0.1, 0.15) is 47.2 Å². The van der Waals surface area contributed by atoms with E-state index in [4.69, 9.17) is 0 Å². The molecule has 2 aliphatic heterocycles. The number of hydrogen-bond donors (Lipinski definition) is 0. The van der Waals surface area contributed by atoms with Gasteiger partial charge in [-0.25, -0.2) is 0 Å². The number of hydrogen-bond acceptors (Lipinski definition) is 3. The molecule has 0 saturated carbocycles. The van der Waals surface area contributed by atoms with Crippen molar-refractivity contribution in [3.63, 3.8) is 0 Å². The van der Waals surface area contributed by atoms with Crippen molar-refractivity contribution in [2.24, 2.45) is 5.92 Å². The molecule has 3 aromatic rings. The quantitative estimate of drug-likeness (QED) is 0.468. The fourth-order valence-electron chi connectivity index (χ4n) is 5.32. The molecule has 0 aromatic heterocycles. The lowest BCUT2D eigenvalue weighted by Crippen LogP contribution is -2.40. The van der Waals surface area contributed by atoms with E-state index >= 15 is 0 Å². The molecule has 0 radical (unpaired) electrons. The summed E-state index contributed by atoms with van der Waals surface area (Å²) in [7, 11) is 0. The van der Waals surface area contributed by atoms with Gasteiger partial charge in [0.1, 0.15) is 0 Å². The van der Waals surface area contributed by atoms with Crippen molar-refractivity contribution in [2.45, 2.75) is 38.5 Å². The number of rotatable bonds is 6. The second-order valence-electron chi connectivity index (χ2n) is 9.39. The van der Waals surface area contributed by atoms with Crippen LogP contribution in [0.5, 0.6) is 0 Å². The van der Waals surface area contributed by atoms with Crippen LogP contribution in [0.4, 0.5) is 11.4 Å². The molecule has 0 unspecified atom stereocenters. The number of benzene rings is 3. The van der Waals surface area contributed by atoms with E-state index in [1.54, 1.807) is 21.9 Å². The Morgan fingerprint density at radius 3 is 1.60 bits per heavy atom. The van der Waals surface area contributed by atoms with Gasteiger partial charge >= 0.3 is 0 Å². The molecule has 178 valence electrons. The van der Waals surface area contributed by atoms with Crippen molar-refractivity contribution in [3.8, 4) is 0 Å². The molecule has 0 N–H and O–H groups in total. The largest absolute Gasteiger partial charge is 0.312 e. The molecule has 5 nitrogen and oxygen atoms in total. The first kappa shape index (κ1) is 23.0. The predicted octanol–water partition coefficient (Wildman–Crippen LogP) is 5.22. The van der Waals surface area contributed by atoms with Crippen molar-refractivity contribution in [1.29, 1.82) is 0 Å². The first-order valence-electron chi connectivity index (χ1n) is 12.5. The molecule has 0 aliphatic carbocycles. The SMILES string of the molecule is O=C(c1ccccc1)C(CC(=O)N1CCCc2ccccc21)CC(=O)N1CCCc2ccccc21. The highest BCUT2D eigenvalue weighted by atomic mass is 16.2. The van der Waals surface area contributed by atoms with E-state index in [1.165, 1.54) is 0 Å². The number of nitrogens with zero attached hydrogens (tertiary/aromatic N) is 2. The molecule has 0 atom stereocenters. The smallest absolute Gasteiger partial charge is 0.227 e. The molecule has 2 heterocycles. The Kier molecular flexibility index (Phi) is 6.75. The zero-order chi connectivity index (χ0) is 24.2. The van der Waals surface area contributed by atoms with Crippen molar-refractivity contribution in [2.75, 3.05) is 22.9 Å². The number of para-hydroxylation sites is 2. The third kappa shape index (κ3) is 4.90. The third-order valence-corrected chi connectivity index (χ3v) is 7.09. The molecular formula is C30H30N2O3. The van der Waals surface area contributed by atoms with Crippen molar-refractivity contribution >= 4 is 29.0 Å². The van der Waals surface area contributed by atoms with E-state index in [2.05, 4.69) is 12.1 Å². The van der Waals surface area contributed by atoms with Crippen LogP contribution >= 0.6 is 0 Å². The second kappa shape index (κ2) is 10.3. The number of Topliss-reactive ketones (excluding diaryl/α,β-unsaturated/α-hetero) is 1. The lowest BCUT2D eigenvalue weighted by Gasteiger charge is -2.32. The van der Waals surface area contributed by atoms with E-state index < -0.39 is 5.92 Å². The van der Waals surface area contributed by atoms with Gasteiger partial charge in [-0.05, 0) is 48.9 Å². The molecular weight excluding hydrogens is 436 g/mol. The van der Waals surface area contributed by atoms with E-state index in [0.717, 1.165) is 48.2 Å². The minimum atomic E-state index is -0.708. The normalized spacial score (nSPS) is 14.9. The van der Waals surface area contributed by atoms with Crippen molar-refractivity contribution < 1.29 is 14.4 Å². The van der Waals surface area contributed by atoms with Crippen LogP contribution in [0, 0.1) is 5.92 Å². The first-order chi connectivity index (χ1) is 17.1. The van der Waals surface area contributed by atoms with Crippen LogP contribution in [-0.2, 0) is 22.4 Å². The van der Waals surface area contributed by atoms with Crippen LogP contribution in [0.3, 0.4) is 0 Å². The zero-order valence-electron chi connectivity index (χ0n) is 19.9. The molecule has 3 aromatic carbocycles. The Morgan fingerprint density at radius 1 is 0.629 bits per heavy atom. The monoisotopic (exact) mass is 466 g/mol.